The van der Waals surface area contributed by atoms with E-state index in [2.05, 4.69) is 23.7 Å². The molecule has 0 radical (unpaired) electrons. The third-order valence-corrected chi connectivity index (χ3v) is 3.49. The average Bonchev–Trinajstić information content (AvgIpc) is 1.88. The van der Waals surface area contributed by atoms with Crippen LogP contribution in [0.25, 0.3) is 0 Å². The third kappa shape index (κ3) is 2.20. The zero-order valence-corrected chi connectivity index (χ0v) is 8.41. The van der Waals surface area contributed by atoms with Gasteiger partial charge < -0.3 is 0 Å². The fourth-order valence-electron chi connectivity index (χ4n) is 0.542. The SMILES string of the molecule is C[I-]C1=C=CSC(C)=C1. The van der Waals surface area contributed by atoms with Gasteiger partial charge >= 0.3 is 70.5 Å². The average molecular weight is 251 g/mol. The summed E-state index contributed by atoms with van der Waals surface area (Å²) in [6.45, 7) is 2.14. The molecule has 0 atom stereocenters. The first-order chi connectivity index (χ1) is 4.33. The number of rotatable bonds is 1. The van der Waals surface area contributed by atoms with E-state index in [1.54, 1.807) is 11.8 Å². The first kappa shape index (κ1) is 7.45. The Morgan fingerprint density at radius 3 is 2.89 bits per heavy atom. The van der Waals surface area contributed by atoms with Crippen molar-refractivity contribution >= 4 is 11.8 Å². The molecule has 1 aliphatic heterocycles. The molecule has 0 aliphatic carbocycles. The van der Waals surface area contributed by atoms with Crippen LogP contribution in [0.3, 0.4) is 0 Å². The fourth-order valence-corrected chi connectivity index (χ4v) is 2.77. The van der Waals surface area contributed by atoms with Crippen molar-refractivity contribution in [3.8, 4) is 0 Å². The molecular weight excluding hydrogens is 243 g/mol. The van der Waals surface area contributed by atoms with E-state index < -0.39 is 0 Å². The van der Waals surface area contributed by atoms with Gasteiger partial charge in [-0.1, -0.05) is 0 Å². The van der Waals surface area contributed by atoms with Gasteiger partial charge in [-0.15, -0.1) is 0 Å². The minimum atomic E-state index is 0.244. The van der Waals surface area contributed by atoms with Crippen molar-refractivity contribution in [2.75, 3.05) is 4.93 Å². The Bertz CT molecular complexity index is 197. The summed E-state index contributed by atoms with van der Waals surface area (Å²) in [7, 11) is 0. The first-order valence-electron chi connectivity index (χ1n) is 2.62. The van der Waals surface area contributed by atoms with Crippen molar-refractivity contribution in [1.29, 1.82) is 0 Å². The quantitative estimate of drug-likeness (QED) is 0.339. The molecule has 0 N–H and O–H groups in total. The Labute approximate surface area is 70.4 Å². The maximum absolute atomic E-state index is 3.23. The van der Waals surface area contributed by atoms with E-state index in [0.717, 1.165) is 0 Å². The molecule has 0 bridgehead atoms. The molecule has 0 unspecified atom stereocenters. The molecule has 0 aromatic carbocycles. The van der Waals surface area contributed by atoms with E-state index in [4.69, 9.17) is 0 Å². The summed E-state index contributed by atoms with van der Waals surface area (Å²) in [4.78, 5) is 3.65. The fraction of sp³-hybridized carbons (Fsp3) is 0.286. The van der Waals surface area contributed by atoms with Crippen molar-refractivity contribution in [2.24, 2.45) is 0 Å². The van der Waals surface area contributed by atoms with Gasteiger partial charge in [0.15, 0.2) is 0 Å². The number of hydrogen-bond acceptors (Lipinski definition) is 1. The molecule has 0 spiro atoms. The van der Waals surface area contributed by atoms with E-state index in [1.165, 1.54) is 8.48 Å². The van der Waals surface area contributed by atoms with E-state index in [0.29, 0.717) is 0 Å². The van der Waals surface area contributed by atoms with E-state index in [9.17, 15) is 0 Å². The molecular formula is C7H8IS-. The molecule has 0 amide bonds. The van der Waals surface area contributed by atoms with E-state index in [-0.39, 0.29) is 21.2 Å². The Kier molecular flexibility index (Phi) is 2.89. The molecule has 0 aromatic heterocycles. The molecule has 1 aliphatic rings. The Hall–Kier alpha value is 0.340. The van der Waals surface area contributed by atoms with Crippen molar-refractivity contribution in [3.05, 3.63) is 25.7 Å². The van der Waals surface area contributed by atoms with E-state index >= 15 is 0 Å². The van der Waals surface area contributed by atoms with Gasteiger partial charge in [-0.2, -0.15) is 0 Å². The second-order valence-corrected chi connectivity index (χ2v) is 5.03. The number of allylic oxidation sites excluding steroid dienone is 3. The van der Waals surface area contributed by atoms with Crippen LogP contribution in [-0.2, 0) is 0 Å². The molecule has 50 valence electrons. The molecule has 1 rings (SSSR count). The number of hydrogen-bond donors (Lipinski definition) is 0. The van der Waals surface area contributed by atoms with Crippen LogP contribution in [0.1, 0.15) is 6.92 Å². The normalized spacial score (nSPS) is 17.6. The summed E-state index contributed by atoms with van der Waals surface area (Å²) >= 11 is 2.00. The monoisotopic (exact) mass is 251 g/mol. The van der Waals surface area contributed by atoms with Crippen LogP contribution < -0.4 is 21.2 Å². The van der Waals surface area contributed by atoms with Gasteiger partial charge in [0.05, 0.1) is 0 Å². The van der Waals surface area contributed by atoms with Crippen molar-refractivity contribution < 1.29 is 21.2 Å². The van der Waals surface area contributed by atoms with Crippen LogP contribution in [-0.4, -0.2) is 4.93 Å². The van der Waals surface area contributed by atoms with Crippen LogP contribution >= 0.6 is 11.8 Å². The van der Waals surface area contributed by atoms with Crippen LogP contribution in [0.15, 0.2) is 25.7 Å². The third-order valence-electron chi connectivity index (χ3n) is 0.975. The maximum atomic E-state index is 3.23. The molecule has 0 saturated heterocycles. The molecule has 2 heteroatoms. The van der Waals surface area contributed by atoms with Crippen LogP contribution in [0.4, 0.5) is 0 Å². The van der Waals surface area contributed by atoms with Gasteiger partial charge in [0.2, 0.25) is 0 Å². The van der Waals surface area contributed by atoms with Gasteiger partial charge in [-0.05, 0) is 0 Å². The number of alkyl halides is 1. The molecule has 0 fully saturated rings. The Balaban J connectivity index is 2.81. The predicted octanol–water partition coefficient (Wildman–Crippen LogP) is -0.648. The second-order valence-electron chi connectivity index (χ2n) is 1.67. The van der Waals surface area contributed by atoms with Crippen LogP contribution in [0.2, 0.25) is 0 Å². The van der Waals surface area contributed by atoms with Crippen molar-refractivity contribution in [1.82, 2.24) is 0 Å². The summed E-state index contributed by atoms with van der Waals surface area (Å²) < 4.78 is 1.42. The topological polar surface area (TPSA) is 0 Å². The Morgan fingerprint density at radius 2 is 2.44 bits per heavy atom. The molecule has 0 aromatic rings. The van der Waals surface area contributed by atoms with Gasteiger partial charge in [0.1, 0.15) is 0 Å². The van der Waals surface area contributed by atoms with Gasteiger partial charge in [0, 0.05) is 0 Å². The van der Waals surface area contributed by atoms with Crippen molar-refractivity contribution in [2.45, 2.75) is 6.92 Å². The molecule has 9 heavy (non-hydrogen) atoms. The summed E-state index contributed by atoms with van der Waals surface area (Å²) in [5.41, 5.74) is 3.23. The van der Waals surface area contributed by atoms with E-state index in [1.807, 2.05) is 5.41 Å². The zero-order valence-electron chi connectivity index (χ0n) is 5.44. The second kappa shape index (κ2) is 3.49. The van der Waals surface area contributed by atoms with Gasteiger partial charge in [-0.25, -0.2) is 0 Å². The summed E-state index contributed by atoms with van der Waals surface area (Å²) in [6.07, 6.45) is 2.23. The van der Waals surface area contributed by atoms with Crippen LogP contribution in [0.5, 0.6) is 0 Å². The zero-order chi connectivity index (χ0) is 6.69. The molecule has 1 heterocycles. The van der Waals surface area contributed by atoms with Crippen molar-refractivity contribution in [3.63, 3.8) is 0 Å². The summed E-state index contributed by atoms with van der Waals surface area (Å²) in [5.74, 6) is 0. The first-order valence-corrected chi connectivity index (χ1v) is 6.74. The molecule has 0 nitrogen and oxygen atoms in total. The van der Waals surface area contributed by atoms with Gasteiger partial charge in [-0.3, -0.25) is 0 Å². The number of halogens is 1. The van der Waals surface area contributed by atoms with Gasteiger partial charge in [0.25, 0.3) is 0 Å². The summed E-state index contributed by atoms with van der Waals surface area (Å²) in [5, 5.41) is 2.05. The predicted molar refractivity (Wildman–Crippen MR) is 38.9 cm³/mol. The standard InChI is InChI=1S/C7H8IS/c1-6-5-7(8-2)3-4-9-6/h4-5H,1-2H3/q-1. The minimum absolute atomic E-state index is 0.244. The summed E-state index contributed by atoms with van der Waals surface area (Å²) in [6, 6.07) is 0. The molecule has 0 saturated carbocycles. The van der Waals surface area contributed by atoms with Crippen LogP contribution in [0, 0.1) is 0 Å². The Morgan fingerprint density at radius 1 is 1.67 bits per heavy atom. The number of thioether (sulfide) groups is 1.